The summed E-state index contributed by atoms with van der Waals surface area (Å²) in [4.78, 5) is 12.0. The van der Waals surface area contributed by atoms with Gasteiger partial charge in [-0.2, -0.15) is 0 Å². The van der Waals surface area contributed by atoms with Gasteiger partial charge in [-0.15, -0.1) is 0 Å². The number of hydrogen-bond acceptors (Lipinski definition) is 1. The third-order valence-corrected chi connectivity index (χ3v) is 3.14. The predicted octanol–water partition coefficient (Wildman–Crippen LogP) is 3.60. The monoisotopic (exact) mass is 218 g/mol. The lowest BCUT2D eigenvalue weighted by molar-refractivity contribution is -0.121. The Hall–Kier alpha value is -1.44. The van der Waals surface area contributed by atoms with Gasteiger partial charge in [-0.1, -0.05) is 26.0 Å². The van der Waals surface area contributed by atoms with Crippen LogP contribution < -0.4 is 0 Å². The Morgan fingerprint density at radius 1 is 1.25 bits per heavy atom. The topological polar surface area (TPSA) is 17.1 Å². The minimum Gasteiger partial charge on any atom is -0.294 e. The van der Waals surface area contributed by atoms with Crippen molar-refractivity contribution < 1.29 is 9.18 Å². The Balaban J connectivity index is 2.26. The van der Waals surface area contributed by atoms with Gasteiger partial charge in [0, 0.05) is 5.41 Å². The van der Waals surface area contributed by atoms with E-state index in [1.807, 2.05) is 19.9 Å². The molecule has 1 aromatic rings. The number of ketones is 1. The van der Waals surface area contributed by atoms with Gasteiger partial charge in [0.25, 0.3) is 0 Å². The van der Waals surface area contributed by atoms with Crippen molar-refractivity contribution in [1.82, 2.24) is 0 Å². The van der Waals surface area contributed by atoms with E-state index in [9.17, 15) is 9.18 Å². The van der Waals surface area contributed by atoms with Crippen molar-refractivity contribution in [2.45, 2.75) is 26.7 Å². The average Bonchev–Trinajstić information content (AvgIpc) is 2.49. The Bertz CT molecular complexity index is 440. The van der Waals surface area contributed by atoms with Crippen LogP contribution in [0.4, 0.5) is 4.39 Å². The summed E-state index contributed by atoms with van der Waals surface area (Å²) in [5.74, 6) is -0.0305. The molecule has 2 rings (SSSR count). The van der Waals surface area contributed by atoms with Gasteiger partial charge in [-0.25, -0.2) is 4.39 Å². The third kappa shape index (κ3) is 2.06. The van der Waals surface area contributed by atoms with Crippen molar-refractivity contribution in [3.63, 3.8) is 0 Å². The summed E-state index contributed by atoms with van der Waals surface area (Å²) in [6.07, 6.45) is 3.60. The van der Waals surface area contributed by atoms with Crippen molar-refractivity contribution in [2.24, 2.45) is 5.41 Å². The van der Waals surface area contributed by atoms with E-state index in [4.69, 9.17) is 0 Å². The zero-order valence-electron chi connectivity index (χ0n) is 9.59. The number of benzene rings is 1. The second-order valence-electron chi connectivity index (χ2n) is 4.93. The van der Waals surface area contributed by atoms with Gasteiger partial charge in [0.05, 0.1) is 0 Å². The number of carbonyl (C=O) groups is 1. The quantitative estimate of drug-likeness (QED) is 0.658. The zero-order chi connectivity index (χ0) is 11.8. The number of carbonyl (C=O) groups excluding carboxylic acids is 1. The largest absolute Gasteiger partial charge is 0.294 e. The summed E-state index contributed by atoms with van der Waals surface area (Å²) in [7, 11) is 0. The first-order valence-electron chi connectivity index (χ1n) is 5.50. The number of Topliss-reactive ketones (excluding diaryl/α,β-unsaturated/α-hetero) is 1. The smallest absolute Gasteiger partial charge is 0.164 e. The van der Waals surface area contributed by atoms with Gasteiger partial charge in [0.15, 0.2) is 5.78 Å². The molecule has 16 heavy (non-hydrogen) atoms. The molecule has 0 bridgehead atoms. The van der Waals surface area contributed by atoms with E-state index in [0.717, 1.165) is 24.0 Å². The first kappa shape index (κ1) is 11.1. The van der Waals surface area contributed by atoms with Crippen LogP contribution in [-0.4, -0.2) is 5.78 Å². The van der Waals surface area contributed by atoms with E-state index in [-0.39, 0.29) is 17.0 Å². The maximum atomic E-state index is 12.7. The summed E-state index contributed by atoms with van der Waals surface area (Å²) >= 11 is 0. The van der Waals surface area contributed by atoms with E-state index in [0.29, 0.717) is 0 Å². The fourth-order valence-corrected chi connectivity index (χ4v) is 2.01. The molecule has 0 spiro atoms. The van der Waals surface area contributed by atoms with E-state index in [2.05, 4.69) is 0 Å². The van der Waals surface area contributed by atoms with Crippen LogP contribution in [-0.2, 0) is 4.79 Å². The third-order valence-electron chi connectivity index (χ3n) is 3.14. The van der Waals surface area contributed by atoms with Gasteiger partial charge in [-0.3, -0.25) is 4.79 Å². The molecule has 1 fully saturated rings. The zero-order valence-corrected chi connectivity index (χ0v) is 9.59. The van der Waals surface area contributed by atoms with Crippen LogP contribution in [0.15, 0.2) is 29.8 Å². The maximum absolute atomic E-state index is 12.7. The highest BCUT2D eigenvalue weighted by Crippen LogP contribution is 2.37. The minimum atomic E-state index is -0.250. The molecule has 0 aromatic heterocycles. The van der Waals surface area contributed by atoms with Gasteiger partial charge >= 0.3 is 0 Å². The summed E-state index contributed by atoms with van der Waals surface area (Å²) in [5.41, 5.74) is 1.52. The molecular weight excluding hydrogens is 203 g/mol. The standard InChI is InChI=1S/C14H15FO/c1-14(2)8-7-11(13(14)16)9-10-3-5-12(15)6-4-10/h3-6,9H,7-8H2,1-2H3/b11-9+. The predicted molar refractivity (Wildman–Crippen MR) is 62.4 cm³/mol. The van der Waals surface area contributed by atoms with Gasteiger partial charge in [0.1, 0.15) is 5.82 Å². The van der Waals surface area contributed by atoms with Crippen LogP contribution in [0.3, 0.4) is 0 Å². The highest BCUT2D eigenvalue weighted by molar-refractivity contribution is 6.05. The average molecular weight is 218 g/mol. The Morgan fingerprint density at radius 2 is 1.88 bits per heavy atom. The van der Waals surface area contributed by atoms with E-state index >= 15 is 0 Å². The summed E-state index contributed by atoms with van der Waals surface area (Å²) in [6, 6.07) is 6.22. The molecule has 0 unspecified atom stereocenters. The molecule has 0 N–H and O–H groups in total. The van der Waals surface area contributed by atoms with Crippen molar-refractivity contribution >= 4 is 11.9 Å². The van der Waals surface area contributed by atoms with Gasteiger partial charge < -0.3 is 0 Å². The molecule has 0 saturated heterocycles. The summed E-state index contributed by atoms with van der Waals surface area (Å²) in [5, 5.41) is 0. The van der Waals surface area contributed by atoms with Crippen molar-refractivity contribution in [3.8, 4) is 0 Å². The van der Waals surface area contributed by atoms with E-state index in [1.54, 1.807) is 12.1 Å². The maximum Gasteiger partial charge on any atom is 0.164 e. The van der Waals surface area contributed by atoms with Gasteiger partial charge in [0.2, 0.25) is 0 Å². The van der Waals surface area contributed by atoms with Crippen LogP contribution in [0.1, 0.15) is 32.3 Å². The second kappa shape index (κ2) is 3.85. The van der Waals surface area contributed by atoms with Gasteiger partial charge in [-0.05, 0) is 42.2 Å². The Morgan fingerprint density at radius 3 is 2.38 bits per heavy atom. The molecule has 0 amide bonds. The molecule has 0 aliphatic heterocycles. The lowest BCUT2D eigenvalue weighted by Gasteiger charge is -2.12. The SMILES string of the molecule is CC1(C)CC/C(=C\c2ccc(F)cc2)C1=O. The van der Waals surface area contributed by atoms with Crippen LogP contribution in [0, 0.1) is 11.2 Å². The fraction of sp³-hybridized carbons (Fsp3) is 0.357. The van der Waals surface area contributed by atoms with Crippen LogP contribution in [0.25, 0.3) is 6.08 Å². The number of halogens is 1. The van der Waals surface area contributed by atoms with Crippen LogP contribution in [0.5, 0.6) is 0 Å². The number of hydrogen-bond donors (Lipinski definition) is 0. The molecule has 2 heteroatoms. The lowest BCUT2D eigenvalue weighted by atomic mass is 9.90. The Labute approximate surface area is 95.0 Å². The lowest BCUT2D eigenvalue weighted by Crippen LogP contribution is -2.17. The molecular formula is C14H15FO. The molecule has 1 nitrogen and oxygen atoms in total. The first-order chi connectivity index (χ1) is 7.49. The van der Waals surface area contributed by atoms with Crippen molar-refractivity contribution in [1.29, 1.82) is 0 Å². The highest BCUT2D eigenvalue weighted by Gasteiger charge is 2.36. The molecule has 0 heterocycles. The van der Waals surface area contributed by atoms with Crippen LogP contribution in [0.2, 0.25) is 0 Å². The highest BCUT2D eigenvalue weighted by atomic mass is 19.1. The molecule has 1 aromatic carbocycles. The van der Waals surface area contributed by atoms with Crippen molar-refractivity contribution in [2.75, 3.05) is 0 Å². The first-order valence-corrected chi connectivity index (χ1v) is 5.50. The molecule has 84 valence electrons. The minimum absolute atomic E-state index is 0.219. The molecule has 0 radical (unpaired) electrons. The number of rotatable bonds is 1. The Kier molecular flexibility index (Phi) is 2.66. The second-order valence-corrected chi connectivity index (χ2v) is 4.93. The van der Waals surface area contributed by atoms with Crippen LogP contribution >= 0.6 is 0 Å². The number of allylic oxidation sites excluding steroid dienone is 1. The molecule has 1 aliphatic carbocycles. The van der Waals surface area contributed by atoms with E-state index < -0.39 is 0 Å². The van der Waals surface area contributed by atoms with Crippen molar-refractivity contribution in [3.05, 3.63) is 41.2 Å². The normalized spacial score (nSPS) is 21.7. The molecule has 1 aliphatic rings. The summed E-state index contributed by atoms with van der Waals surface area (Å²) in [6.45, 7) is 3.95. The van der Waals surface area contributed by atoms with E-state index in [1.165, 1.54) is 12.1 Å². The molecule has 1 saturated carbocycles. The summed E-state index contributed by atoms with van der Waals surface area (Å²) < 4.78 is 12.7. The molecule has 0 atom stereocenters. The fourth-order valence-electron chi connectivity index (χ4n) is 2.01.